The first-order chi connectivity index (χ1) is 7.77. The SMILES string of the molecule is OC1(CC2COc3ccccc32)CCCC1. The summed E-state index contributed by atoms with van der Waals surface area (Å²) >= 11 is 0. The molecule has 1 heterocycles. The lowest BCUT2D eigenvalue weighted by molar-refractivity contribution is 0.0294. The fourth-order valence-electron chi connectivity index (χ4n) is 3.09. The van der Waals surface area contributed by atoms with Gasteiger partial charge in [-0.3, -0.25) is 0 Å². The summed E-state index contributed by atoms with van der Waals surface area (Å²) in [6, 6.07) is 8.21. The molecule has 1 unspecified atom stereocenters. The Hall–Kier alpha value is -1.02. The molecule has 1 atom stereocenters. The highest BCUT2D eigenvalue weighted by Gasteiger charge is 2.36. The molecule has 86 valence electrons. The predicted molar refractivity (Wildman–Crippen MR) is 62.7 cm³/mol. The quantitative estimate of drug-likeness (QED) is 0.827. The van der Waals surface area contributed by atoms with Crippen LogP contribution < -0.4 is 4.74 Å². The van der Waals surface area contributed by atoms with Crippen LogP contribution >= 0.6 is 0 Å². The zero-order valence-electron chi connectivity index (χ0n) is 9.48. The minimum Gasteiger partial charge on any atom is -0.493 e. The Bertz CT molecular complexity index is 380. The van der Waals surface area contributed by atoms with Crippen molar-refractivity contribution in [2.24, 2.45) is 0 Å². The lowest BCUT2D eigenvalue weighted by Gasteiger charge is -2.25. The van der Waals surface area contributed by atoms with Crippen molar-refractivity contribution in [3.8, 4) is 5.75 Å². The number of aliphatic hydroxyl groups is 1. The fourth-order valence-corrected chi connectivity index (χ4v) is 3.09. The first-order valence-corrected chi connectivity index (χ1v) is 6.21. The van der Waals surface area contributed by atoms with Crippen LogP contribution in [0.15, 0.2) is 24.3 Å². The maximum absolute atomic E-state index is 10.4. The number of fused-ring (bicyclic) bond motifs is 1. The summed E-state index contributed by atoms with van der Waals surface area (Å²) in [7, 11) is 0. The van der Waals surface area contributed by atoms with Gasteiger partial charge in [-0.2, -0.15) is 0 Å². The first kappa shape index (κ1) is 10.2. The largest absolute Gasteiger partial charge is 0.493 e. The van der Waals surface area contributed by atoms with Gasteiger partial charge in [0.25, 0.3) is 0 Å². The molecular weight excluding hydrogens is 200 g/mol. The van der Waals surface area contributed by atoms with Crippen molar-refractivity contribution in [1.82, 2.24) is 0 Å². The summed E-state index contributed by atoms with van der Waals surface area (Å²) in [6.07, 6.45) is 5.14. The van der Waals surface area contributed by atoms with Gasteiger partial charge < -0.3 is 9.84 Å². The van der Waals surface area contributed by atoms with Gasteiger partial charge in [0, 0.05) is 11.5 Å². The molecule has 0 radical (unpaired) electrons. The van der Waals surface area contributed by atoms with Crippen LogP contribution in [0.25, 0.3) is 0 Å². The Morgan fingerprint density at radius 1 is 1.25 bits per heavy atom. The molecule has 2 nitrogen and oxygen atoms in total. The summed E-state index contributed by atoms with van der Waals surface area (Å²) < 4.78 is 5.66. The van der Waals surface area contributed by atoms with Gasteiger partial charge in [-0.15, -0.1) is 0 Å². The highest BCUT2D eigenvalue weighted by atomic mass is 16.5. The Balaban J connectivity index is 1.78. The molecule has 2 aliphatic rings. The van der Waals surface area contributed by atoms with Crippen LogP contribution in [0.3, 0.4) is 0 Å². The van der Waals surface area contributed by atoms with E-state index in [2.05, 4.69) is 12.1 Å². The lowest BCUT2D eigenvalue weighted by atomic mass is 9.86. The average Bonchev–Trinajstić information content (AvgIpc) is 2.87. The summed E-state index contributed by atoms with van der Waals surface area (Å²) in [6.45, 7) is 0.738. The molecule has 0 saturated heterocycles. The van der Waals surface area contributed by atoms with E-state index in [-0.39, 0.29) is 0 Å². The number of para-hydroxylation sites is 1. The second-order valence-corrected chi connectivity index (χ2v) is 5.18. The van der Waals surface area contributed by atoms with Crippen molar-refractivity contribution in [2.75, 3.05) is 6.61 Å². The van der Waals surface area contributed by atoms with Gasteiger partial charge in [0.15, 0.2) is 0 Å². The number of hydrogen-bond donors (Lipinski definition) is 1. The molecule has 0 bridgehead atoms. The maximum Gasteiger partial charge on any atom is 0.122 e. The van der Waals surface area contributed by atoms with Gasteiger partial charge in [0.1, 0.15) is 5.75 Å². The van der Waals surface area contributed by atoms with Gasteiger partial charge in [-0.1, -0.05) is 31.0 Å². The van der Waals surface area contributed by atoms with Crippen molar-refractivity contribution in [1.29, 1.82) is 0 Å². The molecule has 16 heavy (non-hydrogen) atoms. The molecule has 0 amide bonds. The third-order valence-electron chi connectivity index (χ3n) is 3.96. The second-order valence-electron chi connectivity index (χ2n) is 5.18. The highest BCUT2D eigenvalue weighted by molar-refractivity contribution is 5.39. The Kier molecular flexibility index (Phi) is 2.40. The van der Waals surface area contributed by atoms with Crippen LogP contribution in [0.2, 0.25) is 0 Å². The van der Waals surface area contributed by atoms with Gasteiger partial charge >= 0.3 is 0 Å². The number of rotatable bonds is 2. The Morgan fingerprint density at radius 2 is 2.00 bits per heavy atom. The molecule has 1 aromatic carbocycles. The van der Waals surface area contributed by atoms with E-state index in [1.54, 1.807) is 0 Å². The summed E-state index contributed by atoms with van der Waals surface area (Å²) in [5, 5.41) is 10.4. The highest BCUT2D eigenvalue weighted by Crippen LogP contribution is 2.42. The monoisotopic (exact) mass is 218 g/mol. The van der Waals surface area contributed by atoms with Gasteiger partial charge in [0.2, 0.25) is 0 Å². The van der Waals surface area contributed by atoms with Crippen molar-refractivity contribution >= 4 is 0 Å². The van der Waals surface area contributed by atoms with Crippen LogP contribution in [0, 0.1) is 0 Å². The smallest absolute Gasteiger partial charge is 0.122 e. The Morgan fingerprint density at radius 3 is 2.81 bits per heavy atom. The molecule has 1 saturated carbocycles. The minimum absolute atomic E-state index is 0.388. The first-order valence-electron chi connectivity index (χ1n) is 6.21. The Labute approximate surface area is 96.2 Å². The van der Waals surface area contributed by atoms with Crippen molar-refractivity contribution in [3.05, 3.63) is 29.8 Å². The molecule has 1 aliphatic heterocycles. The van der Waals surface area contributed by atoms with E-state index in [0.717, 1.165) is 31.6 Å². The van der Waals surface area contributed by atoms with E-state index in [9.17, 15) is 5.11 Å². The van der Waals surface area contributed by atoms with Crippen molar-refractivity contribution in [3.63, 3.8) is 0 Å². The van der Waals surface area contributed by atoms with Crippen LogP contribution in [0.5, 0.6) is 5.75 Å². The molecule has 1 aliphatic carbocycles. The van der Waals surface area contributed by atoms with E-state index >= 15 is 0 Å². The van der Waals surface area contributed by atoms with Crippen LogP contribution in [0.1, 0.15) is 43.6 Å². The summed E-state index contributed by atoms with van der Waals surface area (Å²) in [4.78, 5) is 0. The molecular formula is C14H18O2. The average molecular weight is 218 g/mol. The number of hydrogen-bond acceptors (Lipinski definition) is 2. The minimum atomic E-state index is -0.425. The van der Waals surface area contributed by atoms with Gasteiger partial charge in [0.05, 0.1) is 12.2 Å². The van der Waals surface area contributed by atoms with Crippen LogP contribution in [-0.4, -0.2) is 17.3 Å². The maximum atomic E-state index is 10.4. The molecule has 0 spiro atoms. The van der Waals surface area contributed by atoms with E-state index < -0.39 is 5.60 Å². The zero-order valence-corrected chi connectivity index (χ0v) is 9.48. The molecule has 1 N–H and O–H groups in total. The zero-order chi connectivity index (χ0) is 11.0. The standard InChI is InChI=1S/C14H18O2/c15-14(7-3-4-8-14)9-11-10-16-13-6-2-1-5-12(11)13/h1-2,5-6,11,15H,3-4,7-10H2. The fraction of sp³-hybridized carbons (Fsp3) is 0.571. The lowest BCUT2D eigenvalue weighted by Crippen LogP contribution is -2.27. The molecule has 1 fully saturated rings. The number of benzene rings is 1. The van der Waals surface area contributed by atoms with Crippen molar-refractivity contribution < 1.29 is 9.84 Å². The summed E-state index contributed by atoms with van der Waals surface area (Å²) in [5.41, 5.74) is 0.855. The normalized spacial score (nSPS) is 26.4. The second kappa shape index (κ2) is 3.77. The molecule has 3 rings (SSSR count). The van der Waals surface area contributed by atoms with Crippen molar-refractivity contribution in [2.45, 2.75) is 43.6 Å². The third-order valence-corrected chi connectivity index (χ3v) is 3.96. The van der Waals surface area contributed by atoms with E-state index in [1.165, 1.54) is 18.4 Å². The predicted octanol–water partition coefficient (Wildman–Crippen LogP) is 2.86. The van der Waals surface area contributed by atoms with Crippen LogP contribution in [-0.2, 0) is 0 Å². The molecule has 2 heteroatoms. The molecule has 1 aromatic rings. The van der Waals surface area contributed by atoms with E-state index in [4.69, 9.17) is 4.74 Å². The molecule has 0 aromatic heterocycles. The third kappa shape index (κ3) is 1.71. The topological polar surface area (TPSA) is 29.5 Å². The van der Waals surface area contributed by atoms with E-state index in [1.807, 2.05) is 12.1 Å². The van der Waals surface area contributed by atoms with E-state index in [0.29, 0.717) is 5.92 Å². The van der Waals surface area contributed by atoms with Gasteiger partial charge in [-0.05, 0) is 25.3 Å². The summed E-state index contributed by atoms with van der Waals surface area (Å²) in [5.74, 6) is 1.40. The number of ether oxygens (including phenoxy) is 1. The van der Waals surface area contributed by atoms with Gasteiger partial charge in [-0.25, -0.2) is 0 Å². The van der Waals surface area contributed by atoms with Crippen LogP contribution in [0.4, 0.5) is 0 Å².